The molecule has 0 aliphatic heterocycles. The van der Waals surface area contributed by atoms with Crippen molar-refractivity contribution >= 4 is 21.8 Å². The van der Waals surface area contributed by atoms with Gasteiger partial charge in [-0.3, -0.25) is 4.79 Å². The number of alkyl halides is 1. The number of carbonyl (C=O) groups excluding carboxylic acids is 1. The lowest BCUT2D eigenvalue weighted by molar-refractivity contribution is -0.128. The van der Waals surface area contributed by atoms with Gasteiger partial charge >= 0.3 is 0 Å². The van der Waals surface area contributed by atoms with Gasteiger partial charge in [0.05, 0.1) is 4.83 Å². The molecule has 0 saturated carbocycles. The first kappa shape index (κ1) is 9.95. The van der Waals surface area contributed by atoms with Crippen LogP contribution < -0.4 is 0 Å². The van der Waals surface area contributed by atoms with Gasteiger partial charge in [0.1, 0.15) is 0 Å². The van der Waals surface area contributed by atoms with Crippen molar-refractivity contribution in [1.82, 2.24) is 4.90 Å². The Bertz CT molecular complexity index is 114. The first-order chi connectivity index (χ1) is 4.59. The molecule has 60 valence electrons. The van der Waals surface area contributed by atoms with Crippen LogP contribution in [0.3, 0.4) is 0 Å². The molecule has 1 atom stereocenters. The monoisotopic (exact) mass is 207 g/mol. The van der Waals surface area contributed by atoms with Crippen LogP contribution in [0.1, 0.15) is 19.8 Å². The van der Waals surface area contributed by atoms with Crippen LogP contribution in [0, 0.1) is 0 Å². The average molecular weight is 208 g/mol. The Kier molecular flexibility index (Phi) is 4.69. The van der Waals surface area contributed by atoms with Gasteiger partial charge in [-0.15, -0.1) is 0 Å². The topological polar surface area (TPSA) is 20.3 Å². The Balaban J connectivity index is 3.71. The molecule has 0 N–H and O–H groups in total. The highest BCUT2D eigenvalue weighted by Gasteiger charge is 2.14. The van der Waals surface area contributed by atoms with Crippen LogP contribution >= 0.6 is 15.9 Å². The van der Waals surface area contributed by atoms with Crippen LogP contribution in [-0.4, -0.2) is 29.7 Å². The van der Waals surface area contributed by atoms with Gasteiger partial charge in [-0.05, 0) is 6.42 Å². The standard InChI is InChI=1S/C7H14BrNO/c1-4-5-6(8)7(10)9(2)3/h6H,4-5H2,1-3H3/t6-/m1/s1. The van der Waals surface area contributed by atoms with Gasteiger partial charge in [-0.2, -0.15) is 0 Å². The zero-order valence-corrected chi connectivity index (χ0v) is 8.31. The Morgan fingerprint density at radius 2 is 2.10 bits per heavy atom. The molecule has 10 heavy (non-hydrogen) atoms. The Morgan fingerprint density at radius 1 is 1.60 bits per heavy atom. The zero-order chi connectivity index (χ0) is 8.15. The quantitative estimate of drug-likeness (QED) is 0.645. The molecule has 0 aliphatic carbocycles. The third kappa shape index (κ3) is 3.20. The van der Waals surface area contributed by atoms with Crippen molar-refractivity contribution in [2.24, 2.45) is 0 Å². The largest absolute Gasteiger partial charge is 0.348 e. The van der Waals surface area contributed by atoms with Gasteiger partial charge in [0, 0.05) is 14.1 Å². The average Bonchev–Trinajstić information content (AvgIpc) is 1.87. The van der Waals surface area contributed by atoms with Gasteiger partial charge in [0.25, 0.3) is 0 Å². The Labute approximate surface area is 70.7 Å². The van der Waals surface area contributed by atoms with Crippen molar-refractivity contribution in [3.63, 3.8) is 0 Å². The summed E-state index contributed by atoms with van der Waals surface area (Å²) in [7, 11) is 3.54. The van der Waals surface area contributed by atoms with E-state index < -0.39 is 0 Å². The lowest BCUT2D eigenvalue weighted by Crippen LogP contribution is -2.29. The highest BCUT2D eigenvalue weighted by molar-refractivity contribution is 9.10. The summed E-state index contributed by atoms with van der Waals surface area (Å²) in [6.45, 7) is 2.07. The van der Waals surface area contributed by atoms with E-state index in [1.165, 1.54) is 0 Å². The molecule has 0 radical (unpaired) electrons. The second kappa shape index (κ2) is 4.72. The van der Waals surface area contributed by atoms with E-state index in [4.69, 9.17) is 0 Å². The first-order valence-electron chi connectivity index (χ1n) is 3.44. The minimum Gasteiger partial charge on any atom is -0.348 e. The first-order valence-corrected chi connectivity index (χ1v) is 4.36. The predicted molar refractivity (Wildman–Crippen MR) is 46.3 cm³/mol. The van der Waals surface area contributed by atoms with E-state index in [1.54, 1.807) is 19.0 Å². The molecule has 0 spiro atoms. The minimum atomic E-state index is 0.00694. The molecule has 0 aromatic rings. The van der Waals surface area contributed by atoms with Gasteiger partial charge in [-0.1, -0.05) is 29.3 Å². The van der Waals surface area contributed by atoms with Gasteiger partial charge in [0.15, 0.2) is 0 Å². The molecule has 0 heterocycles. The van der Waals surface area contributed by atoms with E-state index in [2.05, 4.69) is 22.9 Å². The number of halogens is 1. The highest BCUT2D eigenvalue weighted by atomic mass is 79.9. The maximum Gasteiger partial charge on any atom is 0.235 e. The maximum atomic E-state index is 11.1. The molecule has 0 aromatic carbocycles. The molecule has 0 bridgehead atoms. The molecule has 0 aliphatic rings. The summed E-state index contributed by atoms with van der Waals surface area (Å²) >= 11 is 3.31. The van der Waals surface area contributed by atoms with Crippen molar-refractivity contribution in [2.45, 2.75) is 24.6 Å². The molecular weight excluding hydrogens is 194 g/mol. The summed E-state index contributed by atoms with van der Waals surface area (Å²) in [5.74, 6) is 0.154. The fourth-order valence-corrected chi connectivity index (χ4v) is 1.52. The zero-order valence-electron chi connectivity index (χ0n) is 6.72. The molecule has 0 unspecified atom stereocenters. The molecule has 0 rings (SSSR count). The van der Waals surface area contributed by atoms with E-state index in [0.717, 1.165) is 12.8 Å². The van der Waals surface area contributed by atoms with Crippen molar-refractivity contribution < 1.29 is 4.79 Å². The van der Waals surface area contributed by atoms with E-state index in [-0.39, 0.29) is 10.7 Å². The van der Waals surface area contributed by atoms with Crippen molar-refractivity contribution in [2.75, 3.05) is 14.1 Å². The van der Waals surface area contributed by atoms with Crippen LogP contribution in [0.2, 0.25) is 0 Å². The maximum absolute atomic E-state index is 11.1. The van der Waals surface area contributed by atoms with E-state index in [0.29, 0.717) is 0 Å². The predicted octanol–water partition coefficient (Wildman–Crippen LogP) is 1.64. The van der Waals surface area contributed by atoms with Crippen LogP contribution in [0.4, 0.5) is 0 Å². The van der Waals surface area contributed by atoms with Crippen LogP contribution in [0.5, 0.6) is 0 Å². The van der Waals surface area contributed by atoms with Crippen LogP contribution in [0.15, 0.2) is 0 Å². The second-order valence-corrected chi connectivity index (χ2v) is 3.59. The summed E-state index contributed by atoms with van der Waals surface area (Å²) in [4.78, 5) is 12.7. The second-order valence-electron chi connectivity index (χ2n) is 2.49. The fraction of sp³-hybridized carbons (Fsp3) is 0.857. The van der Waals surface area contributed by atoms with Gasteiger partial charge in [-0.25, -0.2) is 0 Å². The third-order valence-electron chi connectivity index (χ3n) is 1.25. The van der Waals surface area contributed by atoms with Gasteiger partial charge in [0.2, 0.25) is 5.91 Å². The van der Waals surface area contributed by atoms with Crippen molar-refractivity contribution in [3.05, 3.63) is 0 Å². The third-order valence-corrected chi connectivity index (χ3v) is 2.10. The van der Waals surface area contributed by atoms with Crippen molar-refractivity contribution in [3.8, 4) is 0 Å². The number of carbonyl (C=O) groups is 1. The fourth-order valence-electron chi connectivity index (χ4n) is 0.657. The van der Waals surface area contributed by atoms with Crippen LogP contribution in [-0.2, 0) is 4.79 Å². The Morgan fingerprint density at radius 3 is 2.40 bits per heavy atom. The molecule has 2 nitrogen and oxygen atoms in total. The molecule has 0 aromatic heterocycles. The Hall–Kier alpha value is -0.0500. The molecule has 0 fully saturated rings. The lowest BCUT2D eigenvalue weighted by atomic mass is 10.2. The molecule has 0 saturated heterocycles. The smallest absolute Gasteiger partial charge is 0.235 e. The highest BCUT2D eigenvalue weighted by Crippen LogP contribution is 2.09. The normalized spacial score (nSPS) is 12.8. The summed E-state index contributed by atoms with van der Waals surface area (Å²) in [6, 6.07) is 0. The van der Waals surface area contributed by atoms with Crippen molar-refractivity contribution in [1.29, 1.82) is 0 Å². The summed E-state index contributed by atoms with van der Waals surface area (Å²) < 4.78 is 0. The van der Waals surface area contributed by atoms with E-state index in [9.17, 15) is 4.79 Å². The van der Waals surface area contributed by atoms with E-state index >= 15 is 0 Å². The van der Waals surface area contributed by atoms with Gasteiger partial charge < -0.3 is 4.90 Å². The summed E-state index contributed by atoms with van der Waals surface area (Å²) in [5.41, 5.74) is 0. The number of rotatable bonds is 3. The molecule has 3 heteroatoms. The molecule has 1 amide bonds. The minimum absolute atomic E-state index is 0.00694. The van der Waals surface area contributed by atoms with E-state index in [1.807, 2.05) is 0 Å². The number of hydrogen-bond donors (Lipinski definition) is 0. The number of nitrogens with zero attached hydrogens (tertiary/aromatic N) is 1. The SMILES string of the molecule is CCC[C@@H](Br)C(=O)N(C)C. The lowest BCUT2D eigenvalue weighted by Gasteiger charge is -2.14. The number of hydrogen-bond acceptors (Lipinski definition) is 1. The number of amides is 1. The summed E-state index contributed by atoms with van der Waals surface area (Å²) in [5, 5.41) is 0. The van der Waals surface area contributed by atoms with Crippen LogP contribution in [0.25, 0.3) is 0 Å². The molecular formula is C7H14BrNO. The summed E-state index contributed by atoms with van der Waals surface area (Å²) in [6.07, 6.45) is 1.95.